The molecule has 1 aliphatic rings. The van der Waals surface area contributed by atoms with Gasteiger partial charge in [-0.25, -0.2) is 8.78 Å². The van der Waals surface area contributed by atoms with E-state index < -0.39 is 10.7 Å². The van der Waals surface area contributed by atoms with Crippen LogP contribution in [0.15, 0.2) is 42.5 Å². The predicted octanol–water partition coefficient (Wildman–Crippen LogP) is 1.78. The van der Waals surface area contributed by atoms with E-state index in [1.165, 1.54) is 23.1 Å². The van der Waals surface area contributed by atoms with E-state index in [4.69, 9.17) is 0 Å². The Morgan fingerprint density at radius 1 is 1.08 bits per heavy atom. The summed E-state index contributed by atoms with van der Waals surface area (Å²) in [6.45, 7) is 3.59. The highest BCUT2D eigenvalue weighted by atomic mass is 19.1. The molecule has 0 aliphatic carbocycles. The van der Waals surface area contributed by atoms with E-state index >= 15 is 0 Å². The van der Waals surface area contributed by atoms with Crippen molar-refractivity contribution in [3.05, 3.63) is 69.8 Å². The molecule has 0 spiro atoms. The van der Waals surface area contributed by atoms with E-state index in [1.54, 1.807) is 12.1 Å². The van der Waals surface area contributed by atoms with Crippen LogP contribution in [0.3, 0.4) is 0 Å². The van der Waals surface area contributed by atoms with Crippen LogP contribution in [-0.2, 0) is 6.54 Å². The highest BCUT2D eigenvalue weighted by Crippen LogP contribution is 2.19. The first kappa shape index (κ1) is 16.3. The summed E-state index contributed by atoms with van der Waals surface area (Å²) in [6, 6.07) is 10.0. The SMILES string of the molecule is O=[N+]([O-])c1ccc(N2CC[NH+](Cc3cc(F)ccc3F)CC2)cc1. The predicted molar refractivity (Wildman–Crippen MR) is 86.1 cm³/mol. The monoisotopic (exact) mass is 334 g/mol. The fraction of sp³-hybridized carbons (Fsp3) is 0.294. The van der Waals surface area contributed by atoms with Crippen LogP contribution in [0.25, 0.3) is 0 Å². The van der Waals surface area contributed by atoms with Crippen LogP contribution < -0.4 is 9.80 Å². The Morgan fingerprint density at radius 2 is 1.75 bits per heavy atom. The molecule has 2 aromatic carbocycles. The number of benzene rings is 2. The first-order chi connectivity index (χ1) is 11.5. The Morgan fingerprint density at radius 3 is 2.38 bits per heavy atom. The van der Waals surface area contributed by atoms with Crippen LogP contribution in [0.4, 0.5) is 20.2 Å². The fourth-order valence-electron chi connectivity index (χ4n) is 2.99. The Hall–Kier alpha value is -2.54. The summed E-state index contributed by atoms with van der Waals surface area (Å²) in [4.78, 5) is 13.6. The van der Waals surface area contributed by atoms with E-state index in [-0.39, 0.29) is 11.5 Å². The van der Waals surface area contributed by atoms with Gasteiger partial charge < -0.3 is 9.80 Å². The molecule has 0 aromatic heterocycles. The zero-order valence-electron chi connectivity index (χ0n) is 13.0. The van der Waals surface area contributed by atoms with Crippen molar-refractivity contribution in [2.45, 2.75) is 6.54 Å². The molecule has 7 heteroatoms. The van der Waals surface area contributed by atoms with Gasteiger partial charge in [0.15, 0.2) is 0 Å². The molecule has 5 nitrogen and oxygen atoms in total. The molecule has 0 amide bonds. The summed E-state index contributed by atoms with van der Waals surface area (Å²) in [5, 5.41) is 10.7. The number of nitro groups is 1. The number of halogens is 2. The summed E-state index contributed by atoms with van der Waals surface area (Å²) in [6.07, 6.45) is 0. The van der Waals surface area contributed by atoms with E-state index in [0.29, 0.717) is 12.1 Å². The van der Waals surface area contributed by atoms with Crippen LogP contribution in [0, 0.1) is 21.7 Å². The van der Waals surface area contributed by atoms with E-state index in [0.717, 1.165) is 44.0 Å². The molecule has 1 aliphatic heterocycles. The Kier molecular flexibility index (Phi) is 4.71. The maximum atomic E-state index is 13.7. The van der Waals surface area contributed by atoms with E-state index in [9.17, 15) is 18.9 Å². The lowest BCUT2D eigenvalue weighted by Crippen LogP contribution is -3.13. The van der Waals surface area contributed by atoms with Crippen LogP contribution >= 0.6 is 0 Å². The third-order valence-electron chi connectivity index (χ3n) is 4.34. The molecule has 0 saturated carbocycles. The molecular formula is C17H18F2N3O2+. The van der Waals surface area contributed by atoms with Crippen LogP contribution in [-0.4, -0.2) is 31.1 Å². The van der Waals surface area contributed by atoms with Crippen LogP contribution in [0.5, 0.6) is 0 Å². The van der Waals surface area contributed by atoms with Crippen molar-refractivity contribution in [2.24, 2.45) is 0 Å². The summed E-state index contributed by atoms with van der Waals surface area (Å²) in [5.74, 6) is -0.794. The summed E-state index contributed by atoms with van der Waals surface area (Å²) < 4.78 is 27.0. The van der Waals surface area contributed by atoms with Gasteiger partial charge in [0, 0.05) is 23.4 Å². The molecule has 1 fully saturated rings. The maximum absolute atomic E-state index is 13.7. The van der Waals surface area contributed by atoms with Gasteiger partial charge in [0.2, 0.25) is 0 Å². The fourth-order valence-corrected chi connectivity index (χ4v) is 2.99. The minimum atomic E-state index is -0.421. The average molecular weight is 334 g/mol. The second-order valence-electron chi connectivity index (χ2n) is 5.92. The van der Waals surface area contributed by atoms with Crippen molar-refractivity contribution in [2.75, 3.05) is 31.1 Å². The summed E-state index contributed by atoms with van der Waals surface area (Å²) in [5.41, 5.74) is 1.41. The number of nitrogens with zero attached hydrogens (tertiary/aromatic N) is 2. The number of anilines is 1. The van der Waals surface area contributed by atoms with Crippen molar-refractivity contribution >= 4 is 11.4 Å². The standard InChI is InChI=1S/C17H17F2N3O2/c18-14-1-6-17(19)13(11-14)12-20-7-9-21(10-8-20)15-2-4-16(5-3-15)22(23)24/h1-6,11H,7-10,12H2/p+1. The van der Waals surface area contributed by atoms with Gasteiger partial charge in [-0.15, -0.1) is 0 Å². The Bertz CT molecular complexity index is 729. The summed E-state index contributed by atoms with van der Waals surface area (Å²) >= 11 is 0. The van der Waals surface area contributed by atoms with Gasteiger partial charge >= 0.3 is 0 Å². The Balaban J connectivity index is 1.59. The first-order valence-electron chi connectivity index (χ1n) is 7.80. The number of nitro benzene ring substituents is 1. The molecule has 0 unspecified atom stereocenters. The molecule has 1 heterocycles. The second-order valence-corrected chi connectivity index (χ2v) is 5.92. The highest BCUT2D eigenvalue weighted by molar-refractivity contribution is 5.51. The van der Waals surface area contributed by atoms with Gasteiger partial charge in [-0.1, -0.05) is 0 Å². The lowest BCUT2D eigenvalue weighted by molar-refractivity contribution is -0.914. The Labute approximate surface area is 138 Å². The number of hydrogen-bond donors (Lipinski definition) is 1. The largest absolute Gasteiger partial charge is 0.360 e. The molecule has 24 heavy (non-hydrogen) atoms. The molecule has 3 rings (SSSR count). The zero-order valence-corrected chi connectivity index (χ0v) is 13.0. The molecule has 1 saturated heterocycles. The van der Waals surface area contributed by atoms with Crippen LogP contribution in [0.2, 0.25) is 0 Å². The highest BCUT2D eigenvalue weighted by Gasteiger charge is 2.22. The van der Waals surface area contributed by atoms with Crippen molar-refractivity contribution in [1.29, 1.82) is 0 Å². The van der Waals surface area contributed by atoms with Crippen molar-refractivity contribution in [1.82, 2.24) is 0 Å². The van der Waals surface area contributed by atoms with Crippen molar-refractivity contribution in [3.8, 4) is 0 Å². The number of non-ortho nitro benzene ring substituents is 1. The molecule has 0 radical (unpaired) electrons. The molecule has 2 aromatic rings. The number of piperazine rings is 1. The molecular weight excluding hydrogens is 316 g/mol. The lowest BCUT2D eigenvalue weighted by Gasteiger charge is -2.33. The molecule has 126 valence electrons. The summed E-state index contributed by atoms with van der Waals surface area (Å²) in [7, 11) is 0. The topological polar surface area (TPSA) is 50.8 Å². The average Bonchev–Trinajstić information content (AvgIpc) is 2.59. The minimum Gasteiger partial charge on any atom is -0.360 e. The van der Waals surface area contributed by atoms with E-state index in [2.05, 4.69) is 4.90 Å². The van der Waals surface area contributed by atoms with Crippen LogP contribution in [0.1, 0.15) is 5.56 Å². The number of nitrogens with one attached hydrogen (secondary N) is 1. The van der Waals surface area contributed by atoms with Gasteiger partial charge in [0.25, 0.3) is 5.69 Å². The smallest absolute Gasteiger partial charge is 0.269 e. The maximum Gasteiger partial charge on any atom is 0.269 e. The normalized spacial score (nSPS) is 15.5. The molecule has 0 bridgehead atoms. The van der Waals surface area contributed by atoms with Gasteiger partial charge in [0.05, 0.1) is 31.1 Å². The van der Waals surface area contributed by atoms with Gasteiger partial charge in [-0.05, 0) is 30.3 Å². The zero-order chi connectivity index (χ0) is 17.1. The quantitative estimate of drug-likeness (QED) is 0.685. The van der Waals surface area contributed by atoms with Gasteiger partial charge in [-0.3, -0.25) is 10.1 Å². The lowest BCUT2D eigenvalue weighted by atomic mass is 10.1. The van der Waals surface area contributed by atoms with Crippen molar-refractivity contribution < 1.29 is 18.6 Å². The first-order valence-corrected chi connectivity index (χ1v) is 7.80. The molecule has 0 atom stereocenters. The van der Waals surface area contributed by atoms with Gasteiger partial charge in [-0.2, -0.15) is 0 Å². The van der Waals surface area contributed by atoms with Crippen molar-refractivity contribution in [3.63, 3.8) is 0 Å². The molecule has 1 N–H and O–H groups in total. The third kappa shape index (κ3) is 3.68. The van der Waals surface area contributed by atoms with Gasteiger partial charge in [0.1, 0.15) is 18.2 Å². The van der Waals surface area contributed by atoms with E-state index in [1.807, 2.05) is 0 Å². The minimum absolute atomic E-state index is 0.0737. The second kappa shape index (κ2) is 6.92. The number of hydrogen-bond acceptors (Lipinski definition) is 3. The number of quaternary nitrogens is 1. The number of rotatable bonds is 4. The third-order valence-corrected chi connectivity index (χ3v) is 4.34.